The molecule has 3 aromatic carbocycles. The molecule has 0 unspecified atom stereocenters. The molecule has 0 aliphatic heterocycles. The molecule has 0 atom stereocenters. The van der Waals surface area contributed by atoms with Gasteiger partial charge < -0.3 is 5.32 Å². The van der Waals surface area contributed by atoms with Crippen molar-refractivity contribution in [1.82, 2.24) is 19.7 Å². The number of carbonyl (C=O) groups excluding carboxylic acids is 1. The van der Waals surface area contributed by atoms with E-state index in [1.165, 1.54) is 11.6 Å². The minimum Gasteiger partial charge on any atom is -0.321 e. The topological polar surface area (TPSA) is 72.7 Å². The molecule has 9 heteroatoms. The summed E-state index contributed by atoms with van der Waals surface area (Å²) in [5.41, 5.74) is 4.76. The van der Waals surface area contributed by atoms with E-state index in [1.54, 1.807) is 24.5 Å². The SMILES string of the molecule is O=C(Cc1cccc(C(F)(F)F)c1)c1ccc(C2CC2)c(-c2ccc3nc(Nc4cnn(C5CC5)c4)ncc3c2)c1. The predicted octanol–water partition coefficient (Wildman–Crippen LogP) is 7.89. The molecule has 0 radical (unpaired) electrons. The van der Waals surface area contributed by atoms with Crippen molar-refractivity contribution in [2.24, 2.45) is 0 Å². The van der Waals surface area contributed by atoms with Gasteiger partial charge in [-0.1, -0.05) is 36.4 Å². The van der Waals surface area contributed by atoms with Gasteiger partial charge in [0.2, 0.25) is 5.95 Å². The third-order valence-corrected chi connectivity index (χ3v) is 7.68. The number of alkyl halides is 3. The molecule has 206 valence electrons. The molecule has 6 nitrogen and oxygen atoms in total. The summed E-state index contributed by atoms with van der Waals surface area (Å²) < 4.78 is 41.4. The normalized spacial score (nSPS) is 15.3. The maximum Gasteiger partial charge on any atom is 0.416 e. The van der Waals surface area contributed by atoms with Crippen molar-refractivity contribution in [2.45, 2.75) is 50.2 Å². The van der Waals surface area contributed by atoms with Crippen molar-refractivity contribution in [1.29, 1.82) is 0 Å². The van der Waals surface area contributed by atoms with Gasteiger partial charge in [0.1, 0.15) is 0 Å². The van der Waals surface area contributed by atoms with Crippen LogP contribution >= 0.6 is 0 Å². The number of benzene rings is 3. The zero-order valence-electron chi connectivity index (χ0n) is 22.0. The fraction of sp³-hybridized carbons (Fsp3) is 0.250. The first-order chi connectivity index (χ1) is 19.8. The Labute approximate surface area is 234 Å². The number of fused-ring (bicyclic) bond motifs is 1. The lowest BCUT2D eigenvalue weighted by Gasteiger charge is -2.13. The lowest BCUT2D eigenvalue weighted by atomic mass is 9.91. The van der Waals surface area contributed by atoms with Crippen molar-refractivity contribution >= 4 is 28.3 Å². The second-order valence-electron chi connectivity index (χ2n) is 10.9. The summed E-state index contributed by atoms with van der Waals surface area (Å²) in [5, 5.41) is 8.48. The highest BCUT2D eigenvalue weighted by Gasteiger charge is 2.31. The molecular weight excluding hydrogens is 527 g/mol. The summed E-state index contributed by atoms with van der Waals surface area (Å²) >= 11 is 0. The fourth-order valence-electron chi connectivity index (χ4n) is 5.21. The van der Waals surface area contributed by atoms with Gasteiger partial charge in [-0.3, -0.25) is 9.48 Å². The molecule has 0 amide bonds. The van der Waals surface area contributed by atoms with E-state index in [2.05, 4.69) is 20.4 Å². The Morgan fingerprint density at radius 3 is 2.61 bits per heavy atom. The molecule has 0 bridgehead atoms. The zero-order valence-corrected chi connectivity index (χ0v) is 22.0. The minimum absolute atomic E-state index is 0.104. The lowest BCUT2D eigenvalue weighted by molar-refractivity contribution is -0.137. The fourth-order valence-corrected chi connectivity index (χ4v) is 5.21. The quantitative estimate of drug-likeness (QED) is 0.198. The van der Waals surface area contributed by atoms with Gasteiger partial charge in [0.05, 0.1) is 29.0 Å². The average Bonchev–Trinajstić information content (AvgIpc) is 3.91. The maximum atomic E-state index is 13.2. The highest BCUT2D eigenvalue weighted by atomic mass is 19.4. The number of rotatable bonds is 8. The Morgan fingerprint density at radius 1 is 0.976 bits per heavy atom. The number of Topliss-reactive ketones (excluding diaryl/α,β-unsaturated/α-hetero) is 1. The number of carbonyl (C=O) groups is 1. The van der Waals surface area contributed by atoms with Crippen molar-refractivity contribution in [2.75, 3.05) is 5.32 Å². The highest BCUT2D eigenvalue weighted by Crippen LogP contribution is 2.45. The van der Waals surface area contributed by atoms with E-state index in [4.69, 9.17) is 0 Å². The summed E-state index contributed by atoms with van der Waals surface area (Å²) in [6.45, 7) is 0. The van der Waals surface area contributed by atoms with E-state index in [1.807, 2.05) is 41.2 Å². The van der Waals surface area contributed by atoms with Gasteiger partial charge in [-0.2, -0.15) is 18.3 Å². The molecule has 1 N–H and O–H groups in total. The Hall–Kier alpha value is -4.53. The second-order valence-corrected chi connectivity index (χ2v) is 10.9. The van der Waals surface area contributed by atoms with Gasteiger partial charge in [0.25, 0.3) is 0 Å². The zero-order chi connectivity index (χ0) is 28.1. The number of ketones is 1. The van der Waals surface area contributed by atoms with Crippen LogP contribution in [0.2, 0.25) is 0 Å². The number of aromatic nitrogens is 4. The van der Waals surface area contributed by atoms with Crippen LogP contribution in [0.3, 0.4) is 0 Å². The van der Waals surface area contributed by atoms with E-state index in [-0.39, 0.29) is 12.2 Å². The molecule has 0 saturated heterocycles. The molecule has 41 heavy (non-hydrogen) atoms. The van der Waals surface area contributed by atoms with Gasteiger partial charge in [-0.05, 0) is 78.1 Å². The van der Waals surface area contributed by atoms with Crippen LogP contribution in [-0.2, 0) is 12.6 Å². The molecule has 2 aliphatic carbocycles. The molecule has 7 rings (SSSR count). The van der Waals surface area contributed by atoms with Crippen molar-refractivity contribution in [3.63, 3.8) is 0 Å². The average molecular weight is 554 g/mol. The van der Waals surface area contributed by atoms with Gasteiger partial charge in [0.15, 0.2) is 5.78 Å². The van der Waals surface area contributed by atoms with Gasteiger partial charge >= 0.3 is 6.18 Å². The maximum absolute atomic E-state index is 13.2. The third kappa shape index (κ3) is 5.44. The molecule has 0 spiro atoms. The molecule has 2 heterocycles. The van der Waals surface area contributed by atoms with Crippen LogP contribution < -0.4 is 5.32 Å². The van der Waals surface area contributed by atoms with Gasteiger partial charge in [-0.25, -0.2) is 9.97 Å². The molecule has 2 fully saturated rings. The standard InChI is InChI=1S/C32H26F3N5O/c33-32(34,35)24-3-1-2-19(12-24)13-30(41)22-6-10-27(20-4-5-20)28(15-22)21-7-11-29-23(14-21)16-36-31(39-29)38-25-17-37-40(18-25)26-8-9-26/h1-3,6-7,10-12,14-18,20,26H,4-5,8-9,13H2,(H,36,38,39). The summed E-state index contributed by atoms with van der Waals surface area (Å²) in [7, 11) is 0. The number of nitrogens with zero attached hydrogens (tertiary/aromatic N) is 4. The van der Waals surface area contributed by atoms with E-state index in [0.717, 1.165) is 65.5 Å². The van der Waals surface area contributed by atoms with Crippen molar-refractivity contribution < 1.29 is 18.0 Å². The first kappa shape index (κ1) is 25.4. The van der Waals surface area contributed by atoms with Crippen LogP contribution in [0.25, 0.3) is 22.0 Å². The Balaban J connectivity index is 1.15. The number of hydrogen-bond acceptors (Lipinski definition) is 5. The largest absolute Gasteiger partial charge is 0.416 e. The van der Waals surface area contributed by atoms with E-state index < -0.39 is 11.7 Å². The van der Waals surface area contributed by atoms with Crippen molar-refractivity contribution in [3.05, 3.63) is 102 Å². The summed E-state index contributed by atoms with van der Waals surface area (Å²) in [6, 6.07) is 17.1. The van der Waals surface area contributed by atoms with Gasteiger partial charge in [-0.15, -0.1) is 0 Å². The number of hydrogen-bond donors (Lipinski definition) is 1. The Bertz CT molecular complexity index is 1790. The first-order valence-corrected chi connectivity index (χ1v) is 13.7. The van der Waals surface area contributed by atoms with E-state index in [9.17, 15) is 18.0 Å². The van der Waals surface area contributed by atoms with Crippen molar-refractivity contribution in [3.8, 4) is 11.1 Å². The third-order valence-electron chi connectivity index (χ3n) is 7.68. The number of halogens is 3. The molecule has 2 saturated carbocycles. The second kappa shape index (κ2) is 9.83. The van der Waals surface area contributed by atoms with E-state index >= 15 is 0 Å². The van der Waals surface area contributed by atoms with Crippen LogP contribution in [0.1, 0.15) is 64.7 Å². The van der Waals surface area contributed by atoms with Crippen LogP contribution in [0.4, 0.5) is 24.8 Å². The predicted molar refractivity (Wildman–Crippen MR) is 150 cm³/mol. The molecule has 5 aromatic rings. The minimum atomic E-state index is -4.45. The Kier molecular flexibility index (Phi) is 6.10. The van der Waals surface area contributed by atoms with Gasteiger partial charge in [0, 0.05) is 29.8 Å². The monoisotopic (exact) mass is 553 g/mol. The smallest absolute Gasteiger partial charge is 0.321 e. The highest BCUT2D eigenvalue weighted by molar-refractivity contribution is 5.99. The van der Waals surface area contributed by atoms with Crippen LogP contribution in [0.5, 0.6) is 0 Å². The number of nitrogens with one attached hydrogen (secondary N) is 1. The molecular formula is C32H26F3N5O. The van der Waals surface area contributed by atoms with Crippen LogP contribution in [0, 0.1) is 0 Å². The van der Waals surface area contributed by atoms with E-state index in [0.29, 0.717) is 29.0 Å². The number of anilines is 2. The summed E-state index contributed by atoms with van der Waals surface area (Å²) in [6.07, 6.45) is 5.46. The summed E-state index contributed by atoms with van der Waals surface area (Å²) in [4.78, 5) is 22.4. The van der Waals surface area contributed by atoms with Crippen LogP contribution in [-0.4, -0.2) is 25.5 Å². The first-order valence-electron chi connectivity index (χ1n) is 13.7. The molecule has 2 aromatic heterocycles. The lowest BCUT2D eigenvalue weighted by Crippen LogP contribution is -2.08. The Morgan fingerprint density at radius 2 is 1.83 bits per heavy atom. The molecule has 2 aliphatic rings. The summed E-state index contributed by atoms with van der Waals surface area (Å²) in [5.74, 6) is 0.701. The van der Waals surface area contributed by atoms with Crippen LogP contribution in [0.15, 0.2) is 79.3 Å².